The van der Waals surface area contributed by atoms with Gasteiger partial charge < -0.3 is 19.5 Å². The van der Waals surface area contributed by atoms with Crippen LogP contribution in [0, 0.1) is 5.41 Å². The number of carbonyl (C=O) groups is 1. The van der Waals surface area contributed by atoms with Gasteiger partial charge in [0.25, 0.3) is 0 Å². The molecule has 1 fully saturated rings. The van der Waals surface area contributed by atoms with Crippen LogP contribution in [0.25, 0.3) is 0 Å². The van der Waals surface area contributed by atoms with Gasteiger partial charge in [-0.2, -0.15) is 4.98 Å². The van der Waals surface area contributed by atoms with Crippen LogP contribution in [-0.4, -0.2) is 54.2 Å². The number of methoxy groups -OCH3 is 1. The Morgan fingerprint density at radius 2 is 2.36 bits per heavy atom. The summed E-state index contributed by atoms with van der Waals surface area (Å²) in [6.07, 6.45) is 2.55. The van der Waals surface area contributed by atoms with E-state index in [0.29, 0.717) is 31.3 Å². The molecular weight excluding hydrogens is 284 g/mol. The number of likely N-dealkylation sites (tertiary alicyclic amines) is 1. The van der Waals surface area contributed by atoms with Crippen LogP contribution in [0.5, 0.6) is 0 Å². The molecule has 1 aromatic rings. The highest BCUT2D eigenvalue weighted by molar-refractivity contribution is 5.82. The SMILES string of the molecule is CCN1CCCC(C)(C(=O)NCCc2nc(COC)no2)C1. The van der Waals surface area contributed by atoms with Crippen molar-refractivity contribution in [3.8, 4) is 0 Å². The average Bonchev–Trinajstić information content (AvgIpc) is 2.95. The number of rotatable bonds is 7. The second kappa shape index (κ2) is 7.69. The van der Waals surface area contributed by atoms with E-state index in [1.165, 1.54) is 0 Å². The number of nitrogens with zero attached hydrogens (tertiary/aromatic N) is 3. The highest BCUT2D eigenvalue weighted by Crippen LogP contribution is 2.29. The summed E-state index contributed by atoms with van der Waals surface area (Å²) in [5, 5.41) is 6.80. The molecule has 0 aliphatic carbocycles. The van der Waals surface area contributed by atoms with Gasteiger partial charge in [0.2, 0.25) is 11.8 Å². The predicted molar refractivity (Wildman–Crippen MR) is 81.2 cm³/mol. The van der Waals surface area contributed by atoms with E-state index >= 15 is 0 Å². The normalized spacial score (nSPS) is 22.7. The Balaban J connectivity index is 1.79. The summed E-state index contributed by atoms with van der Waals surface area (Å²) in [6, 6.07) is 0. The fourth-order valence-corrected chi connectivity index (χ4v) is 2.88. The van der Waals surface area contributed by atoms with Crippen molar-refractivity contribution in [3.05, 3.63) is 11.7 Å². The summed E-state index contributed by atoms with van der Waals surface area (Å²) < 4.78 is 10.0. The van der Waals surface area contributed by atoms with Gasteiger partial charge in [-0.05, 0) is 32.9 Å². The summed E-state index contributed by atoms with van der Waals surface area (Å²) in [7, 11) is 1.58. The van der Waals surface area contributed by atoms with Gasteiger partial charge in [0.15, 0.2) is 5.82 Å². The van der Waals surface area contributed by atoms with Gasteiger partial charge >= 0.3 is 0 Å². The number of carbonyl (C=O) groups excluding carboxylic acids is 1. The fourth-order valence-electron chi connectivity index (χ4n) is 2.88. The number of hydrogen-bond donors (Lipinski definition) is 1. The van der Waals surface area contributed by atoms with E-state index in [4.69, 9.17) is 9.26 Å². The van der Waals surface area contributed by atoms with Crippen molar-refractivity contribution in [2.45, 2.75) is 39.7 Å². The second-order valence-electron chi connectivity index (χ2n) is 6.08. The molecule has 1 aliphatic heterocycles. The first-order valence-electron chi connectivity index (χ1n) is 7.88. The van der Waals surface area contributed by atoms with E-state index in [9.17, 15) is 4.79 Å². The molecule has 1 saturated heterocycles. The Labute approximate surface area is 131 Å². The van der Waals surface area contributed by atoms with E-state index in [0.717, 1.165) is 32.5 Å². The van der Waals surface area contributed by atoms with Crippen LogP contribution in [-0.2, 0) is 22.6 Å². The maximum absolute atomic E-state index is 12.5. The molecule has 124 valence electrons. The molecule has 0 spiro atoms. The highest BCUT2D eigenvalue weighted by atomic mass is 16.5. The molecule has 1 unspecified atom stereocenters. The van der Waals surface area contributed by atoms with Crippen molar-refractivity contribution in [2.75, 3.05) is 33.3 Å². The zero-order valence-corrected chi connectivity index (χ0v) is 13.7. The lowest BCUT2D eigenvalue weighted by Crippen LogP contribution is -2.50. The lowest BCUT2D eigenvalue weighted by molar-refractivity contribution is -0.133. The molecule has 1 aromatic heterocycles. The zero-order valence-electron chi connectivity index (χ0n) is 13.7. The first kappa shape index (κ1) is 16.9. The predicted octanol–water partition coefficient (Wildman–Crippen LogP) is 0.997. The van der Waals surface area contributed by atoms with Gasteiger partial charge in [-0.3, -0.25) is 4.79 Å². The van der Waals surface area contributed by atoms with E-state index in [1.807, 2.05) is 6.92 Å². The number of aromatic nitrogens is 2. The molecule has 0 bridgehead atoms. The zero-order chi connectivity index (χ0) is 16.0. The molecule has 2 heterocycles. The Kier molecular flexibility index (Phi) is 5.90. The summed E-state index contributed by atoms with van der Waals surface area (Å²) in [5.74, 6) is 1.17. The molecule has 1 aliphatic rings. The average molecular weight is 310 g/mol. The first-order valence-corrected chi connectivity index (χ1v) is 7.88. The molecule has 7 heteroatoms. The third-order valence-electron chi connectivity index (χ3n) is 4.18. The molecule has 1 N–H and O–H groups in total. The first-order chi connectivity index (χ1) is 10.6. The van der Waals surface area contributed by atoms with E-state index in [1.54, 1.807) is 7.11 Å². The summed E-state index contributed by atoms with van der Waals surface area (Å²) in [4.78, 5) is 19.0. The Hall–Kier alpha value is -1.47. The van der Waals surface area contributed by atoms with E-state index in [2.05, 4.69) is 27.3 Å². The van der Waals surface area contributed by atoms with Gasteiger partial charge in [0, 0.05) is 26.6 Å². The number of amides is 1. The van der Waals surface area contributed by atoms with Crippen LogP contribution in [0.2, 0.25) is 0 Å². The molecule has 1 atom stereocenters. The maximum Gasteiger partial charge on any atom is 0.228 e. The Morgan fingerprint density at radius 1 is 1.55 bits per heavy atom. The third-order valence-corrected chi connectivity index (χ3v) is 4.18. The number of ether oxygens (including phenoxy) is 1. The van der Waals surface area contributed by atoms with Crippen molar-refractivity contribution >= 4 is 5.91 Å². The Bertz CT molecular complexity index is 491. The number of piperidine rings is 1. The molecule has 0 radical (unpaired) electrons. The van der Waals surface area contributed by atoms with Crippen LogP contribution >= 0.6 is 0 Å². The topological polar surface area (TPSA) is 80.5 Å². The molecule has 1 amide bonds. The maximum atomic E-state index is 12.5. The minimum Gasteiger partial charge on any atom is -0.377 e. The molecule has 0 saturated carbocycles. The summed E-state index contributed by atoms with van der Waals surface area (Å²) in [6.45, 7) is 7.94. The summed E-state index contributed by atoms with van der Waals surface area (Å²) in [5.41, 5.74) is -0.301. The minimum atomic E-state index is -0.301. The van der Waals surface area contributed by atoms with Crippen molar-refractivity contribution in [1.82, 2.24) is 20.4 Å². The quantitative estimate of drug-likeness (QED) is 0.809. The van der Waals surface area contributed by atoms with Crippen molar-refractivity contribution < 1.29 is 14.1 Å². The number of hydrogen-bond acceptors (Lipinski definition) is 6. The van der Waals surface area contributed by atoms with Gasteiger partial charge in [-0.15, -0.1) is 0 Å². The van der Waals surface area contributed by atoms with Crippen LogP contribution in [0.3, 0.4) is 0 Å². The van der Waals surface area contributed by atoms with Crippen LogP contribution < -0.4 is 5.32 Å². The largest absolute Gasteiger partial charge is 0.377 e. The van der Waals surface area contributed by atoms with Crippen LogP contribution in [0.15, 0.2) is 4.52 Å². The van der Waals surface area contributed by atoms with Crippen LogP contribution in [0.1, 0.15) is 38.4 Å². The molecule has 7 nitrogen and oxygen atoms in total. The van der Waals surface area contributed by atoms with Gasteiger partial charge in [-0.1, -0.05) is 12.1 Å². The van der Waals surface area contributed by atoms with Crippen molar-refractivity contribution in [1.29, 1.82) is 0 Å². The smallest absolute Gasteiger partial charge is 0.228 e. The lowest BCUT2D eigenvalue weighted by atomic mass is 9.81. The van der Waals surface area contributed by atoms with Crippen molar-refractivity contribution in [3.63, 3.8) is 0 Å². The van der Waals surface area contributed by atoms with Gasteiger partial charge in [0.05, 0.1) is 5.41 Å². The third kappa shape index (κ3) is 4.27. The molecule has 22 heavy (non-hydrogen) atoms. The van der Waals surface area contributed by atoms with E-state index < -0.39 is 0 Å². The van der Waals surface area contributed by atoms with E-state index in [-0.39, 0.29) is 11.3 Å². The summed E-state index contributed by atoms with van der Waals surface area (Å²) >= 11 is 0. The Morgan fingerprint density at radius 3 is 3.09 bits per heavy atom. The van der Waals surface area contributed by atoms with Gasteiger partial charge in [0.1, 0.15) is 6.61 Å². The molecule has 0 aromatic carbocycles. The fraction of sp³-hybridized carbons (Fsp3) is 0.800. The van der Waals surface area contributed by atoms with Crippen LogP contribution in [0.4, 0.5) is 0 Å². The van der Waals surface area contributed by atoms with Gasteiger partial charge in [-0.25, -0.2) is 0 Å². The lowest BCUT2D eigenvalue weighted by Gasteiger charge is -2.38. The van der Waals surface area contributed by atoms with Crippen molar-refractivity contribution in [2.24, 2.45) is 5.41 Å². The molecule has 2 rings (SSSR count). The molecular formula is C15H26N4O3. The number of nitrogens with one attached hydrogen (secondary N) is 1. The second-order valence-corrected chi connectivity index (χ2v) is 6.08. The monoisotopic (exact) mass is 310 g/mol. The standard InChI is InChI=1S/C15H26N4O3/c1-4-19-9-5-7-15(2,11-19)14(20)16-8-6-13-17-12(10-21-3)18-22-13/h4-11H2,1-3H3,(H,16,20). The highest BCUT2D eigenvalue weighted by Gasteiger charge is 2.37. The minimum absolute atomic E-state index is 0.113.